The summed E-state index contributed by atoms with van der Waals surface area (Å²) in [6.07, 6.45) is 1.80. The molecule has 2 aliphatic rings. The molecule has 2 heterocycles. The summed E-state index contributed by atoms with van der Waals surface area (Å²) in [4.78, 5) is 16.6. The molecule has 2 aromatic carbocycles. The molecular weight excluding hydrogens is 414 g/mol. The normalized spacial score (nSPS) is 19.5. The van der Waals surface area contributed by atoms with Gasteiger partial charge in [0, 0.05) is 31.9 Å². The highest BCUT2D eigenvalue weighted by Crippen LogP contribution is 2.31. The standard InChI is InChI=1S/C23H29N3O4S/c27-21(18-9-10-22-20(16-18)24-23(28)17-31(22,29)30)8-4-5-11-25-12-14-26(15-13-25)19-6-2-1-3-7-19/h1-3,6-7,9-10,16,21,27H,4-5,8,11-15,17H2,(H,24,28). The zero-order valence-electron chi connectivity index (χ0n) is 17.5. The molecule has 0 aromatic heterocycles. The molecule has 8 heteroatoms. The molecule has 1 unspecified atom stereocenters. The Morgan fingerprint density at radius 2 is 1.74 bits per heavy atom. The summed E-state index contributed by atoms with van der Waals surface area (Å²) < 4.78 is 24.2. The van der Waals surface area contributed by atoms with Crippen LogP contribution in [0.4, 0.5) is 11.4 Å². The first kappa shape index (κ1) is 21.8. The number of nitrogens with zero attached hydrogens (tertiary/aromatic N) is 2. The Morgan fingerprint density at radius 1 is 1.00 bits per heavy atom. The second-order valence-electron chi connectivity index (χ2n) is 8.24. The van der Waals surface area contributed by atoms with Gasteiger partial charge in [-0.3, -0.25) is 9.69 Å². The lowest BCUT2D eigenvalue weighted by atomic mass is 10.0. The maximum atomic E-state index is 12.1. The van der Waals surface area contributed by atoms with Crippen LogP contribution in [0.2, 0.25) is 0 Å². The number of benzene rings is 2. The van der Waals surface area contributed by atoms with Crippen molar-refractivity contribution < 1.29 is 18.3 Å². The number of carbonyl (C=O) groups is 1. The van der Waals surface area contributed by atoms with Crippen molar-refractivity contribution in [3.05, 3.63) is 54.1 Å². The fourth-order valence-corrected chi connectivity index (χ4v) is 5.56. The number of sulfone groups is 1. The van der Waals surface area contributed by atoms with E-state index in [0.29, 0.717) is 12.0 Å². The largest absolute Gasteiger partial charge is 0.388 e. The Kier molecular flexibility index (Phi) is 6.60. The fourth-order valence-electron chi connectivity index (χ4n) is 4.27. The minimum atomic E-state index is -3.59. The van der Waals surface area contributed by atoms with E-state index >= 15 is 0 Å². The number of rotatable bonds is 7. The predicted octanol–water partition coefficient (Wildman–Crippen LogP) is 2.44. The number of carbonyl (C=O) groups excluding carboxylic acids is 1. The number of para-hydroxylation sites is 1. The Labute approximate surface area is 183 Å². The van der Waals surface area contributed by atoms with E-state index in [2.05, 4.69) is 39.4 Å². The van der Waals surface area contributed by atoms with Crippen LogP contribution in [0, 0.1) is 0 Å². The van der Waals surface area contributed by atoms with Crippen molar-refractivity contribution in [2.45, 2.75) is 30.3 Å². The molecule has 0 bridgehead atoms. The minimum Gasteiger partial charge on any atom is -0.388 e. The van der Waals surface area contributed by atoms with Crippen molar-refractivity contribution in [1.82, 2.24) is 4.90 Å². The molecule has 2 aliphatic heterocycles. The Bertz CT molecular complexity index is 1020. The van der Waals surface area contributed by atoms with E-state index < -0.39 is 27.6 Å². The minimum absolute atomic E-state index is 0.123. The van der Waals surface area contributed by atoms with Crippen molar-refractivity contribution in [1.29, 1.82) is 0 Å². The SMILES string of the molecule is O=C1CS(=O)(=O)c2ccc(C(O)CCCCN3CCN(c4ccccc4)CC3)cc2N1. The number of unbranched alkanes of at least 4 members (excludes halogenated alkanes) is 1. The summed E-state index contributed by atoms with van der Waals surface area (Å²) in [6.45, 7) is 5.13. The molecule has 1 amide bonds. The van der Waals surface area contributed by atoms with Crippen LogP contribution in [0.3, 0.4) is 0 Å². The van der Waals surface area contributed by atoms with Gasteiger partial charge in [0.1, 0.15) is 5.75 Å². The second kappa shape index (κ2) is 9.38. The van der Waals surface area contributed by atoms with Crippen molar-refractivity contribution in [3.63, 3.8) is 0 Å². The van der Waals surface area contributed by atoms with Crippen molar-refractivity contribution in [3.8, 4) is 0 Å². The molecule has 1 saturated heterocycles. The molecule has 31 heavy (non-hydrogen) atoms. The molecule has 0 radical (unpaired) electrons. The number of aliphatic hydroxyl groups is 1. The second-order valence-corrected chi connectivity index (χ2v) is 10.2. The third-order valence-corrected chi connectivity index (χ3v) is 7.68. The summed E-state index contributed by atoms with van der Waals surface area (Å²) in [5, 5.41) is 13.1. The van der Waals surface area contributed by atoms with Gasteiger partial charge in [-0.2, -0.15) is 0 Å². The van der Waals surface area contributed by atoms with Gasteiger partial charge in [-0.25, -0.2) is 8.42 Å². The monoisotopic (exact) mass is 443 g/mol. The molecule has 0 aliphatic carbocycles. The fraction of sp³-hybridized carbons (Fsp3) is 0.435. The molecule has 166 valence electrons. The van der Waals surface area contributed by atoms with Crippen LogP contribution in [0.5, 0.6) is 0 Å². The van der Waals surface area contributed by atoms with Crippen LogP contribution < -0.4 is 10.2 Å². The number of hydrogen-bond donors (Lipinski definition) is 2. The van der Waals surface area contributed by atoms with Gasteiger partial charge in [0.2, 0.25) is 5.91 Å². The maximum Gasteiger partial charge on any atom is 0.239 e. The quantitative estimate of drug-likeness (QED) is 0.639. The Hall–Kier alpha value is -2.42. The van der Waals surface area contributed by atoms with Crippen molar-refractivity contribution in [2.75, 3.05) is 48.7 Å². The van der Waals surface area contributed by atoms with Gasteiger partial charge in [-0.1, -0.05) is 24.3 Å². The van der Waals surface area contributed by atoms with Gasteiger partial charge in [-0.05, 0) is 55.6 Å². The van der Waals surface area contributed by atoms with E-state index in [0.717, 1.165) is 45.6 Å². The molecule has 1 atom stereocenters. The van der Waals surface area contributed by atoms with Crippen molar-refractivity contribution in [2.24, 2.45) is 0 Å². The topological polar surface area (TPSA) is 89.9 Å². The summed E-state index contributed by atoms with van der Waals surface area (Å²) in [6, 6.07) is 15.2. The average Bonchev–Trinajstić information content (AvgIpc) is 2.76. The van der Waals surface area contributed by atoms with Crippen LogP contribution >= 0.6 is 0 Å². The number of piperazine rings is 1. The molecular formula is C23H29N3O4S. The van der Waals surface area contributed by atoms with Gasteiger partial charge < -0.3 is 15.3 Å². The van der Waals surface area contributed by atoms with Gasteiger partial charge in [0.05, 0.1) is 16.7 Å². The van der Waals surface area contributed by atoms with Crippen LogP contribution in [0.1, 0.15) is 30.9 Å². The molecule has 4 rings (SSSR count). The van der Waals surface area contributed by atoms with Crippen LogP contribution in [0.15, 0.2) is 53.4 Å². The van der Waals surface area contributed by atoms with E-state index in [9.17, 15) is 18.3 Å². The van der Waals surface area contributed by atoms with Gasteiger partial charge >= 0.3 is 0 Å². The lowest BCUT2D eigenvalue weighted by Crippen LogP contribution is -2.46. The van der Waals surface area contributed by atoms with Crippen LogP contribution in [0.25, 0.3) is 0 Å². The third kappa shape index (κ3) is 5.26. The zero-order valence-corrected chi connectivity index (χ0v) is 18.4. The van der Waals surface area contributed by atoms with Crippen molar-refractivity contribution >= 4 is 27.1 Å². The zero-order chi connectivity index (χ0) is 21.8. The van der Waals surface area contributed by atoms with E-state index in [1.807, 2.05) is 6.07 Å². The number of nitrogens with one attached hydrogen (secondary N) is 1. The summed E-state index contributed by atoms with van der Waals surface area (Å²) in [5.74, 6) is -1.06. The highest BCUT2D eigenvalue weighted by Gasteiger charge is 2.29. The van der Waals surface area contributed by atoms with Crippen LogP contribution in [-0.4, -0.2) is 62.8 Å². The first-order valence-corrected chi connectivity index (χ1v) is 12.4. The van der Waals surface area contributed by atoms with E-state index in [-0.39, 0.29) is 10.6 Å². The Morgan fingerprint density at radius 3 is 2.48 bits per heavy atom. The Balaban J connectivity index is 1.22. The average molecular weight is 444 g/mol. The molecule has 0 spiro atoms. The molecule has 1 fully saturated rings. The maximum absolute atomic E-state index is 12.1. The van der Waals surface area contributed by atoms with E-state index in [1.54, 1.807) is 12.1 Å². The summed E-state index contributed by atoms with van der Waals surface area (Å²) in [5.41, 5.74) is 2.18. The summed E-state index contributed by atoms with van der Waals surface area (Å²) >= 11 is 0. The highest BCUT2D eigenvalue weighted by atomic mass is 32.2. The van der Waals surface area contributed by atoms with Gasteiger partial charge in [-0.15, -0.1) is 0 Å². The molecule has 2 aromatic rings. The highest BCUT2D eigenvalue weighted by molar-refractivity contribution is 7.92. The smallest absolute Gasteiger partial charge is 0.239 e. The first-order chi connectivity index (χ1) is 14.9. The molecule has 2 N–H and O–H groups in total. The number of aliphatic hydroxyl groups excluding tert-OH is 1. The van der Waals surface area contributed by atoms with E-state index in [4.69, 9.17) is 0 Å². The van der Waals surface area contributed by atoms with Gasteiger partial charge in [0.15, 0.2) is 9.84 Å². The number of hydrogen-bond acceptors (Lipinski definition) is 6. The molecule has 0 saturated carbocycles. The lowest BCUT2D eigenvalue weighted by molar-refractivity contribution is -0.114. The number of amides is 1. The number of fused-ring (bicyclic) bond motifs is 1. The third-order valence-electron chi connectivity index (χ3n) is 6.01. The van der Waals surface area contributed by atoms with Gasteiger partial charge in [0.25, 0.3) is 0 Å². The summed E-state index contributed by atoms with van der Waals surface area (Å²) in [7, 11) is -3.59. The number of anilines is 2. The first-order valence-electron chi connectivity index (χ1n) is 10.8. The molecule has 7 nitrogen and oxygen atoms in total. The van der Waals surface area contributed by atoms with E-state index in [1.165, 1.54) is 11.8 Å². The predicted molar refractivity (Wildman–Crippen MR) is 121 cm³/mol. The lowest BCUT2D eigenvalue weighted by Gasteiger charge is -2.36. The van der Waals surface area contributed by atoms with Crippen LogP contribution in [-0.2, 0) is 14.6 Å².